The van der Waals surface area contributed by atoms with Crippen LogP contribution in [0, 0.1) is 0 Å². The molecule has 3 unspecified atom stereocenters. The predicted molar refractivity (Wildman–Crippen MR) is 113 cm³/mol. The lowest BCUT2D eigenvalue weighted by atomic mass is 10.3. The van der Waals surface area contributed by atoms with E-state index in [0.29, 0.717) is 5.73 Å². The molecular formula is C16H42O3Si4. The molecule has 0 spiro atoms. The molecule has 0 aliphatic rings. The lowest BCUT2D eigenvalue weighted by Gasteiger charge is -2.46. The minimum atomic E-state index is -2.00. The lowest BCUT2D eigenvalue weighted by molar-refractivity contribution is 0.127. The highest BCUT2D eigenvalue weighted by molar-refractivity contribution is 6.81. The largest absolute Gasteiger partial charge is 0.436 e. The molecule has 0 N–H and O–H groups in total. The Hall–Kier alpha value is 0.748. The molecule has 0 amide bonds. The molecule has 23 heavy (non-hydrogen) atoms. The minimum Gasteiger partial charge on any atom is -0.436 e. The fourth-order valence-corrected chi connectivity index (χ4v) is 15.9. The first-order chi connectivity index (χ1) is 10.1. The van der Waals surface area contributed by atoms with Gasteiger partial charge in [-0.1, -0.05) is 33.5 Å². The minimum absolute atomic E-state index is 0.136. The second-order valence-corrected chi connectivity index (χ2v) is 25.6. The highest BCUT2D eigenvalue weighted by Gasteiger charge is 2.48. The van der Waals surface area contributed by atoms with Crippen molar-refractivity contribution in [3.05, 3.63) is 0 Å². The van der Waals surface area contributed by atoms with E-state index >= 15 is 0 Å². The van der Waals surface area contributed by atoms with Gasteiger partial charge in [0.25, 0.3) is 0 Å². The van der Waals surface area contributed by atoms with Crippen LogP contribution in [0.5, 0.6) is 0 Å². The van der Waals surface area contributed by atoms with E-state index in [9.17, 15) is 0 Å². The maximum Gasteiger partial charge on any atom is 0.307 e. The second-order valence-electron chi connectivity index (χ2n) is 9.39. The summed E-state index contributed by atoms with van der Waals surface area (Å²) < 4.78 is 19.7. The van der Waals surface area contributed by atoms with Crippen molar-refractivity contribution in [2.45, 2.75) is 103 Å². The normalized spacial score (nSPS) is 19.3. The molecule has 0 aliphatic heterocycles. The smallest absolute Gasteiger partial charge is 0.307 e. The van der Waals surface area contributed by atoms with Gasteiger partial charge in [-0.05, 0) is 59.0 Å². The van der Waals surface area contributed by atoms with Crippen LogP contribution < -0.4 is 0 Å². The van der Waals surface area contributed by atoms with Crippen LogP contribution in [0.1, 0.15) is 33.6 Å². The quantitative estimate of drug-likeness (QED) is 0.471. The zero-order chi connectivity index (χ0) is 18.7. The third kappa shape index (κ3) is 7.66. The van der Waals surface area contributed by atoms with Crippen LogP contribution in [-0.4, -0.2) is 44.9 Å². The van der Waals surface area contributed by atoms with Crippen LogP contribution in [-0.2, 0) is 13.0 Å². The Labute approximate surface area is 150 Å². The first kappa shape index (κ1) is 23.7. The number of hydrogen-bond donors (Lipinski definition) is 0. The van der Waals surface area contributed by atoms with Gasteiger partial charge in [0.2, 0.25) is 8.32 Å². The monoisotopic (exact) mass is 394 g/mol. The highest BCUT2D eigenvalue weighted by Crippen LogP contribution is 2.33. The van der Waals surface area contributed by atoms with Gasteiger partial charge in [-0.2, -0.15) is 0 Å². The molecule has 0 rings (SSSR count). The van der Waals surface area contributed by atoms with E-state index in [1.807, 2.05) is 0 Å². The Balaban J connectivity index is 5.07. The average molecular weight is 395 g/mol. The first-order valence-corrected chi connectivity index (χ1v) is 21.1. The summed E-state index contributed by atoms with van der Waals surface area (Å²) in [5, 5.41) is -0.136. The van der Waals surface area contributed by atoms with Crippen LogP contribution in [0.4, 0.5) is 0 Å². The molecule has 3 nitrogen and oxygen atoms in total. The van der Waals surface area contributed by atoms with Crippen LogP contribution in [0.15, 0.2) is 0 Å². The van der Waals surface area contributed by atoms with E-state index in [1.54, 1.807) is 0 Å². The highest BCUT2D eigenvalue weighted by atomic mass is 28.4. The lowest BCUT2D eigenvalue weighted by Crippen LogP contribution is -2.61. The van der Waals surface area contributed by atoms with Crippen molar-refractivity contribution in [2.75, 3.05) is 0 Å². The SMILES string of the molecule is CCC(O[SiH](C)O[Si](C)(C)C(C)(CC)O[Si](C)(C)C)[Si](C)(C)C. The van der Waals surface area contributed by atoms with Crippen molar-refractivity contribution < 1.29 is 13.0 Å². The van der Waals surface area contributed by atoms with Crippen LogP contribution in [0.3, 0.4) is 0 Å². The Kier molecular flexibility index (Phi) is 8.69. The summed E-state index contributed by atoms with van der Waals surface area (Å²) in [6.07, 6.45) is 2.09. The molecule has 0 fully saturated rings. The van der Waals surface area contributed by atoms with Gasteiger partial charge < -0.3 is 13.0 Å². The van der Waals surface area contributed by atoms with Gasteiger partial charge >= 0.3 is 9.28 Å². The van der Waals surface area contributed by atoms with Gasteiger partial charge in [0, 0.05) is 5.73 Å². The van der Waals surface area contributed by atoms with Crippen LogP contribution in [0.25, 0.3) is 0 Å². The third-order valence-corrected chi connectivity index (χ3v) is 16.0. The molecule has 140 valence electrons. The van der Waals surface area contributed by atoms with Crippen molar-refractivity contribution in [3.8, 4) is 0 Å². The Morgan fingerprint density at radius 3 is 1.74 bits per heavy atom. The van der Waals surface area contributed by atoms with Crippen LogP contribution >= 0.6 is 0 Å². The zero-order valence-corrected chi connectivity index (χ0v) is 21.9. The summed E-state index contributed by atoms with van der Waals surface area (Å²) in [7, 11) is -6.56. The molecule has 0 aliphatic carbocycles. The number of hydrogen-bond acceptors (Lipinski definition) is 3. The molecule has 0 bridgehead atoms. The molecule has 0 aromatic rings. The van der Waals surface area contributed by atoms with Gasteiger partial charge in [-0.15, -0.1) is 0 Å². The van der Waals surface area contributed by atoms with Crippen molar-refractivity contribution in [1.29, 1.82) is 0 Å². The maximum absolute atomic E-state index is 6.64. The summed E-state index contributed by atoms with van der Waals surface area (Å²) in [5.41, 5.74) is 0.403. The Morgan fingerprint density at radius 1 is 0.957 bits per heavy atom. The first-order valence-electron chi connectivity index (χ1n) is 9.11. The predicted octanol–water partition coefficient (Wildman–Crippen LogP) is 5.29. The zero-order valence-electron chi connectivity index (χ0n) is 17.8. The van der Waals surface area contributed by atoms with Gasteiger partial charge in [0.1, 0.15) is 0 Å². The molecule has 0 saturated heterocycles. The fourth-order valence-electron chi connectivity index (χ4n) is 3.01. The fraction of sp³-hybridized carbons (Fsp3) is 1.00. The van der Waals surface area contributed by atoms with E-state index in [4.69, 9.17) is 13.0 Å². The van der Waals surface area contributed by atoms with Crippen molar-refractivity contribution in [1.82, 2.24) is 0 Å². The molecule has 7 heteroatoms. The van der Waals surface area contributed by atoms with E-state index in [2.05, 4.69) is 79.7 Å². The van der Waals surface area contributed by atoms with Crippen molar-refractivity contribution in [3.63, 3.8) is 0 Å². The third-order valence-electron chi connectivity index (χ3n) is 4.63. The molecule has 0 aromatic carbocycles. The molecule has 0 aromatic heterocycles. The average Bonchev–Trinajstić information content (AvgIpc) is 2.31. The van der Waals surface area contributed by atoms with E-state index < -0.39 is 34.0 Å². The standard InChI is InChI=1S/C16H42O3Si4/c1-13-15(21(5,6)7)17-20(4)19-23(11,12)16(3,14-2)18-22(8,9)10/h15,20H,13-14H2,1-12H3. The summed E-state index contributed by atoms with van der Waals surface area (Å²) in [4.78, 5) is 0. The van der Waals surface area contributed by atoms with Gasteiger partial charge in [-0.25, -0.2) is 0 Å². The van der Waals surface area contributed by atoms with Gasteiger partial charge in [0.15, 0.2) is 8.32 Å². The van der Waals surface area contributed by atoms with Gasteiger partial charge in [0.05, 0.1) is 13.3 Å². The van der Waals surface area contributed by atoms with Crippen LogP contribution in [0.2, 0.25) is 58.9 Å². The van der Waals surface area contributed by atoms with Crippen molar-refractivity contribution in [2.24, 2.45) is 0 Å². The molecular weight excluding hydrogens is 353 g/mol. The van der Waals surface area contributed by atoms with Crippen molar-refractivity contribution >= 4 is 34.0 Å². The molecule has 0 heterocycles. The van der Waals surface area contributed by atoms with Gasteiger partial charge in [-0.3, -0.25) is 0 Å². The molecule has 0 radical (unpaired) electrons. The molecule has 0 saturated carbocycles. The summed E-state index contributed by atoms with van der Waals surface area (Å²) in [5.74, 6) is 0. The van der Waals surface area contributed by atoms with E-state index in [1.165, 1.54) is 0 Å². The second kappa shape index (κ2) is 8.42. The Bertz CT molecular complexity index is 363. The summed E-state index contributed by atoms with van der Waals surface area (Å²) >= 11 is 0. The summed E-state index contributed by atoms with van der Waals surface area (Å²) in [6, 6.07) is 0. The topological polar surface area (TPSA) is 27.7 Å². The summed E-state index contributed by atoms with van der Waals surface area (Å²) in [6.45, 7) is 27.5. The Morgan fingerprint density at radius 2 is 1.43 bits per heavy atom. The maximum atomic E-state index is 6.64. The molecule has 3 atom stereocenters. The van der Waals surface area contributed by atoms with E-state index in [0.717, 1.165) is 12.8 Å². The van der Waals surface area contributed by atoms with E-state index in [-0.39, 0.29) is 5.22 Å². The number of rotatable bonds is 10.